The van der Waals surface area contributed by atoms with Gasteiger partial charge in [-0.15, -0.1) is 16.4 Å². The highest BCUT2D eigenvalue weighted by molar-refractivity contribution is 7.07. The molecule has 0 amide bonds. The smallest absolute Gasteiger partial charge is 0.138 e. The molecule has 0 saturated heterocycles. The second-order valence-corrected chi connectivity index (χ2v) is 2.77. The third kappa shape index (κ3) is 1.43. The van der Waals surface area contributed by atoms with Gasteiger partial charge < -0.3 is 0 Å². The largest absolute Gasteiger partial charge is 0.228 e. The summed E-state index contributed by atoms with van der Waals surface area (Å²) in [6, 6.07) is 2.01. The van der Waals surface area contributed by atoms with Gasteiger partial charge in [0.15, 0.2) is 0 Å². The molecule has 11 heavy (non-hydrogen) atoms. The molecule has 4 nitrogen and oxygen atoms in total. The van der Waals surface area contributed by atoms with E-state index in [0.29, 0.717) is 6.54 Å². The number of nitrogens with zero attached hydrogens (tertiary/aromatic N) is 4. The lowest BCUT2D eigenvalue weighted by atomic mass is 10.3. The fourth-order valence-electron chi connectivity index (χ4n) is 0.772. The van der Waals surface area contributed by atoms with Crippen LogP contribution in [0.2, 0.25) is 0 Å². The maximum absolute atomic E-state index is 3.73. The average Bonchev–Trinajstić information content (AvgIpc) is 2.60. The molecule has 2 rings (SSSR count). The Bertz CT molecular complexity index is 267. The van der Waals surface area contributed by atoms with Gasteiger partial charge >= 0.3 is 0 Å². The number of hydrogen-bond donors (Lipinski definition) is 0. The summed E-state index contributed by atoms with van der Waals surface area (Å²) in [6.45, 7) is 0.705. The minimum atomic E-state index is 0.705. The molecule has 0 aliphatic heterocycles. The lowest BCUT2D eigenvalue weighted by Gasteiger charge is -1.92. The van der Waals surface area contributed by atoms with Crippen LogP contribution in [0.4, 0.5) is 0 Å². The molecule has 0 N–H and O–H groups in total. The molecule has 1 radical (unpaired) electrons. The number of rotatable bonds is 2. The van der Waals surface area contributed by atoms with E-state index < -0.39 is 0 Å². The Balaban J connectivity index is 2.14. The third-order valence-corrected chi connectivity index (χ3v) is 1.90. The minimum absolute atomic E-state index is 0.705. The first kappa shape index (κ1) is 6.48. The monoisotopic (exact) mass is 165 g/mol. The number of hydrogen-bond acceptors (Lipinski definition) is 4. The first-order valence-corrected chi connectivity index (χ1v) is 3.98. The first-order chi connectivity index (χ1) is 5.45. The van der Waals surface area contributed by atoms with Crippen molar-refractivity contribution in [1.82, 2.24) is 20.2 Å². The third-order valence-electron chi connectivity index (χ3n) is 1.25. The van der Waals surface area contributed by atoms with Gasteiger partial charge in [0.2, 0.25) is 0 Å². The summed E-state index contributed by atoms with van der Waals surface area (Å²) < 4.78 is 1.67. The van der Waals surface area contributed by atoms with Gasteiger partial charge in [-0.25, -0.2) is 4.68 Å². The van der Waals surface area contributed by atoms with Crippen molar-refractivity contribution in [1.29, 1.82) is 0 Å². The minimum Gasteiger partial charge on any atom is -0.228 e. The van der Waals surface area contributed by atoms with E-state index in [2.05, 4.69) is 20.9 Å². The molecular weight excluding hydrogens is 160 g/mol. The van der Waals surface area contributed by atoms with Crippen molar-refractivity contribution in [3.8, 4) is 0 Å². The van der Waals surface area contributed by atoms with Crippen LogP contribution < -0.4 is 0 Å². The zero-order valence-electron chi connectivity index (χ0n) is 5.64. The highest BCUT2D eigenvalue weighted by Gasteiger charge is 1.95. The molecule has 55 valence electrons. The summed E-state index contributed by atoms with van der Waals surface area (Å²) in [6.07, 6.45) is 1.59. The lowest BCUT2D eigenvalue weighted by Crippen LogP contribution is -1.98. The van der Waals surface area contributed by atoms with Crippen molar-refractivity contribution < 1.29 is 0 Å². The van der Waals surface area contributed by atoms with Gasteiger partial charge in [-0.1, -0.05) is 0 Å². The molecule has 0 fully saturated rings. The van der Waals surface area contributed by atoms with Gasteiger partial charge in [-0.3, -0.25) is 0 Å². The molecule has 0 atom stereocenters. The Morgan fingerprint density at radius 3 is 3.27 bits per heavy atom. The van der Waals surface area contributed by atoms with Gasteiger partial charge in [0.25, 0.3) is 0 Å². The second-order valence-electron chi connectivity index (χ2n) is 2.06. The molecule has 0 spiro atoms. The standard InChI is InChI=1S/C6H5N4S/c1-2-11-4-6(1)3-10-5-7-8-9-10/h1-2,5H,3H2. The van der Waals surface area contributed by atoms with Crippen LogP contribution in [0, 0.1) is 5.38 Å². The Kier molecular flexibility index (Phi) is 1.64. The van der Waals surface area contributed by atoms with E-state index in [0.717, 1.165) is 5.56 Å². The van der Waals surface area contributed by atoms with Crippen molar-refractivity contribution in [2.75, 3.05) is 0 Å². The van der Waals surface area contributed by atoms with Crippen LogP contribution in [-0.4, -0.2) is 20.2 Å². The van der Waals surface area contributed by atoms with E-state index in [-0.39, 0.29) is 0 Å². The number of tetrazole rings is 1. The lowest BCUT2D eigenvalue weighted by molar-refractivity contribution is 0.649. The quantitative estimate of drug-likeness (QED) is 0.654. The Morgan fingerprint density at radius 1 is 1.64 bits per heavy atom. The molecule has 2 aromatic rings. The van der Waals surface area contributed by atoms with Crippen LogP contribution in [-0.2, 0) is 6.54 Å². The SMILES string of the molecule is [c]1sccc1Cn1cnnn1. The van der Waals surface area contributed by atoms with E-state index in [1.807, 2.05) is 11.4 Å². The fraction of sp³-hybridized carbons (Fsp3) is 0.167. The van der Waals surface area contributed by atoms with Crippen LogP contribution in [0.3, 0.4) is 0 Å². The molecule has 2 heterocycles. The summed E-state index contributed by atoms with van der Waals surface area (Å²) >= 11 is 1.55. The summed E-state index contributed by atoms with van der Waals surface area (Å²) in [7, 11) is 0. The maximum atomic E-state index is 3.73. The van der Waals surface area contributed by atoms with Gasteiger partial charge in [0.05, 0.1) is 6.54 Å². The molecule has 0 bridgehead atoms. The molecule has 0 aliphatic rings. The van der Waals surface area contributed by atoms with Crippen molar-refractivity contribution in [3.05, 3.63) is 28.7 Å². The molecule has 0 aliphatic carbocycles. The van der Waals surface area contributed by atoms with Crippen LogP contribution >= 0.6 is 11.3 Å². The van der Waals surface area contributed by atoms with E-state index in [9.17, 15) is 0 Å². The normalized spacial score (nSPS) is 10.2. The van der Waals surface area contributed by atoms with Crippen molar-refractivity contribution in [2.24, 2.45) is 0 Å². The highest BCUT2D eigenvalue weighted by Crippen LogP contribution is 2.05. The molecule has 0 saturated carbocycles. The second kappa shape index (κ2) is 2.79. The Hall–Kier alpha value is -1.23. The molecule has 0 unspecified atom stereocenters. The van der Waals surface area contributed by atoms with Crippen molar-refractivity contribution in [3.63, 3.8) is 0 Å². The van der Waals surface area contributed by atoms with Crippen molar-refractivity contribution in [2.45, 2.75) is 6.54 Å². The van der Waals surface area contributed by atoms with Gasteiger partial charge in [-0.05, 0) is 27.4 Å². The summed E-state index contributed by atoms with van der Waals surface area (Å²) in [4.78, 5) is 0. The van der Waals surface area contributed by atoms with E-state index in [1.54, 1.807) is 22.3 Å². The van der Waals surface area contributed by atoms with Gasteiger partial charge in [0, 0.05) is 5.38 Å². The summed E-state index contributed by atoms with van der Waals surface area (Å²) in [5, 5.41) is 15.9. The van der Waals surface area contributed by atoms with Crippen LogP contribution in [0.25, 0.3) is 0 Å². The van der Waals surface area contributed by atoms with Gasteiger partial charge in [0.1, 0.15) is 6.33 Å². The van der Waals surface area contributed by atoms with Crippen LogP contribution in [0.1, 0.15) is 5.56 Å². The molecule has 2 aromatic heterocycles. The van der Waals surface area contributed by atoms with E-state index in [1.165, 1.54) is 0 Å². The van der Waals surface area contributed by atoms with Gasteiger partial charge in [-0.2, -0.15) is 0 Å². The van der Waals surface area contributed by atoms with Crippen LogP contribution in [0.15, 0.2) is 17.8 Å². The predicted octanol–water partition coefficient (Wildman–Crippen LogP) is 0.583. The summed E-state index contributed by atoms with van der Waals surface area (Å²) in [5.41, 5.74) is 1.11. The number of thiophene rings is 1. The van der Waals surface area contributed by atoms with E-state index >= 15 is 0 Å². The Labute approximate surface area is 67.5 Å². The zero-order chi connectivity index (χ0) is 7.52. The summed E-state index contributed by atoms with van der Waals surface area (Å²) in [5.74, 6) is 0. The topological polar surface area (TPSA) is 43.6 Å². The first-order valence-electron chi connectivity index (χ1n) is 3.10. The predicted molar refractivity (Wildman–Crippen MR) is 40.1 cm³/mol. The van der Waals surface area contributed by atoms with Crippen LogP contribution in [0.5, 0.6) is 0 Å². The molecule has 5 heteroatoms. The number of aromatic nitrogens is 4. The molecule has 0 aromatic carbocycles. The zero-order valence-corrected chi connectivity index (χ0v) is 6.45. The highest BCUT2D eigenvalue weighted by atomic mass is 32.1. The Morgan fingerprint density at radius 2 is 2.64 bits per heavy atom. The van der Waals surface area contributed by atoms with Crippen molar-refractivity contribution >= 4 is 11.3 Å². The average molecular weight is 165 g/mol. The fourth-order valence-corrected chi connectivity index (χ4v) is 1.36. The van der Waals surface area contributed by atoms with E-state index in [4.69, 9.17) is 0 Å². The maximum Gasteiger partial charge on any atom is 0.138 e. The molecular formula is C6H5N4S.